The van der Waals surface area contributed by atoms with Gasteiger partial charge in [0.05, 0.1) is 4.90 Å². The number of hydrogen-bond acceptors (Lipinski definition) is 3. The van der Waals surface area contributed by atoms with Crippen molar-refractivity contribution in [3.8, 4) is 0 Å². The van der Waals surface area contributed by atoms with Gasteiger partial charge in [0.2, 0.25) is 0 Å². The van der Waals surface area contributed by atoms with Crippen LogP contribution in [0.5, 0.6) is 0 Å². The van der Waals surface area contributed by atoms with Gasteiger partial charge in [-0.2, -0.15) is 0 Å². The van der Waals surface area contributed by atoms with Crippen molar-refractivity contribution in [2.24, 2.45) is 0 Å². The standard InChI is InChI=1S/C13H14O3S.Na/c1-3-10-8-13(17(14,15)16)9(2)11-6-4-5-7-12(10)11;/h4-8H,3H2,1-2H3,(H,14,15,16);/q;+1/p-1. The molecule has 0 N–H and O–H groups in total. The second-order valence-electron chi connectivity index (χ2n) is 4.01. The topological polar surface area (TPSA) is 57.2 Å². The van der Waals surface area contributed by atoms with Crippen molar-refractivity contribution in [1.82, 2.24) is 0 Å². The first kappa shape index (κ1) is 15.7. The van der Waals surface area contributed by atoms with Crippen molar-refractivity contribution in [1.29, 1.82) is 0 Å². The average Bonchev–Trinajstić information content (AvgIpc) is 2.28. The minimum Gasteiger partial charge on any atom is -0.744 e. The molecule has 3 nitrogen and oxygen atoms in total. The maximum absolute atomic E-state index is 11.2. The summed E-state index contributed by atoms with van der Waals surface area (Å²) in [5, 5.41) is 1.85. The fourth-order valence-corrected chi connectivity index (χ4v) is 2.89. The van der Waals surface area contributed by atoms with Gasteiger partial charge in [-0.15, -0.1) is 0 Å². The van der Waals surface area contributed by atoms with E-state index < -0.39 is 10.1 Å². The summed E-state index contributed by atoms with van der Waals surface area (Å²) in [5.74, 6) is 0. The fourth-order valence-electron chi connectivity index (χ4n) is 2.12. The van der Waals surface area contributed by atoms with Crippen molar-refractivity contribution in [3.63, 3.8) is 0 Å². The van der Waals surface area contributed by atoms with Gasteiger partial charge in [0.1, 0.15) is 10.1 Å². The van der Waals surface area contributed by atoms with Gasteiger partial charge < -0.3 is 4.55 Å². The molecule has 0 aromatic heterocycles. The van der Waals surface area contributed by atoms with Crippen LogP contribution in [-0.2, 0) is 16.5 Å². The molecule has 0 aliphatic carbocycles. The predicted molar refractivity (Wildman–Crippen MR) is 66.0 cm³/mol. The molecule has 0 saturated carbocycles. The minimum absolute atomic E-state index is 0. The van der Waals surface area contributed by atoms with Crippen LogP contribution in [0.4, 0.5) is 0 Å². The van der Waals surface area contributed by atoms with Crippen LogP contribution in [0.1, 0.15) is 18.1 Å². The minimum atomic E-state index is -4.41. The Balaban J connectivity index is 0.00000162. The van der Waals surface area contributed by atoms with Crippen molar-refractivity contribution in [2.45, 2.75) is 25.2 Å². The van der Waals surface area contributed by atoms with Gasteiger partial charge in [-0.05, 0) is 41.3 Å². The molecule has 90 valence electrons. The van der Waals surface area contributed by atoms with Crippen LogP contribution in [0.15, 0.2) is 35.2 Å². The predicted octanol–water partition coefficient (Wildman–Crippen LogP) is -0.381. The zero-order valence-corrected chi connectivity index (χ0v) is 13.5. The van der Waals surface area contributed by atoms with Gasteiger partial charge >= 0.3 is 29.6 Å². The van der Waals surface area contributed by atoms with E-state index in [1.807, 2.05) is 31.2 Å². The second-order valence-corrected chi connectivity index (χ2v) is 5.36. The first-order chi connectivity index (χ1) is 7.95. The smallest absolute Gasteiger partial charge is 0.744 e. The van der Waals surface area contributed by atoms with Crippen molar-refractivity contribution in [3.05, 3.63) is 41.5 Å². The Hall–Kier alpha value is -0.390. The number of fused-ring (bicyclic) bond motifs is 1. The molecule has 0 aliphatic rings. The van der Waals surface area contributed by atoms with Gasteiger partial charge in [-0.3, -0.25) is 0 Å². The van der Waals surface area contributed by atoms with Gasteiger partial charge in [-0.25, -0.2) is 8.42 Å². The Kier molecular flexibility index (Phi) is 4.98. The zero-order valence-electron chi connectivity index (χ0n) is 10.7. The molecule has 18 heavy (non-hydrogen) atoms. The molecule has 0 amide bonds. The van der Waals surface area contributed by atoms with Crippen LogP contribution in [0.25, 0.3) is 10.8 Å². The largest absolute Gasteiger partial charge is 1.00 e. The summed E-state index contributed by atoms with van der Waals surface area (Å²) in [6.45, 7) is 3.62. The monoisotopic (exact) mass is 272 g/mol. The third-order valence-corrected chi connectivity index (χ3v) is 3.96. The van der Waals surface area contributed by atoms with Gasteiger partial charge in [0, 0.05) is 0 Å². The quantitative estimate of drug-likeness (QED) is 0.553. The van der Waals surface area contributed by atoms with E-state index in [1.54, 1.807) is 6.92 Å². The van der Waals surface area contributed by atoms with Crippen LogP contribution >= 0.6 is 0 Å². The molecule has 0 saturated heterocycles. The summed E-state index contributed by atoms with van der Waals surface area (Å²) in [7, 11) is -4.41. The van der Waals surface area contributed by atoms with Crippen LogP contribution in [-0.4, -0.2) is 13.0 Å². The molecular weight excluding hydrogens is 259 g/mol. The first-order valence-corrected chi connectivity index (χ1v) is 6.83. The third-order valence-electron chi connectivity index (χ3n) is 3.00. The molecule has 0 fully saturated rings. The first-order valence-electron chi connectivity index (χ1n) is 5.42. The summed E-state index contributed by atoms with van der Waals surface area (Å²) < 4.78 is 33.6. The average molecular weight is 272 g/mol. The summed E-state index contributed by atoms with van der Waals surface area (Å²) in [6.07, 6.45) is 0.698. The number of rotatable bonds is 2. The van der Waals surface area contributed by atoms with E-state index in [0.717, 1.165) is 16.3 Å². The maximum Gasteiger partial charge on any atom is 1.00 e. The normalized spacial score (nSPS) is 11.3. The summed E-state index contributed by atoms with van der Waals surface area (Å²) in [5.41, 5.74) is 1.42. The van der Waals surface area contributed by atoms with E-state index in [4.69, 9.17) is 0 Å². The second kappa shape index (κ2) is 5.72. The Bertz CT molecular complexity index is 678. The van der Waals surface area contributed by atoms with Crippen molar-refractivity contribution >= 4 is 20.9 Å². The van der Waals surface area contributed by atoms with E-state index in [1.165, 1.54) is 6.07 Å². The van der Waals surface area contributed by atoms with E-state index in [9.17, 15) is 13.0 Å². The number of hydrogen-bond donors (Lipinski definition) is 0. The molecule has 0 unspecified atom stereocenters. The Morgan fingerprint density at radius 3 is 2.22 bits per heavy atom. The van der Waals surface area contributed by atoms with E-state index >= 15 is 0 Å². The molecule has 0 aliphatic heterocycles. The molecule has 0 heterocycles. The SMILES string of the molecule is CCc1cc(S(=O)(=O)[O-])c(C)c2ccccc12.[Na+]. The molecule has 5 heteroatoms. The van der Waals surface area contributed by atoms with Crippen molar-refractivity contribution < 1.29 is 42.5 Å². The molecule has 2 aromatic carbocycles. The molecule has 0 spiro atoms. The molecular formula is C13H13NaO3S. The summed E-state index contributed by atoms with van der Waals surface area (Å²) in [6, 6.07) is 9.04. The van der Waals surface area contributed by atoms with Crippen LogP contribution in [0.2, 0.25) is 0 Å². The van der Waals surface area contributed by atoms with E-state index in [-0.39, 0.29) is 34.5 Å². The van der Waals surface area contributed by atoms with Crippen LogP contribution in [0.3, 0.4) is 0 Å². The van der Waals surface area contributed by atoms with Crippen LogP contribution in [0, 0.1) is 6.92 Å². The van der Waals surface area contributed by atoms with Gasteiger partial charge in [0.15, 0.2) is 0 Å². The zero-order chi connectivity index (χ0) is 12.6. The van der Waals surface area contributed by atoms with Crippen molar-refractivity contribution in [2.75, 3.05) is 0 Å². The van der Waals surface area contributed by atoms with E-state index in [2.05, 4.69) is 0 Å². The van der Waals surface area contributed by atoms with Gasteiger partial charge in [-0.1, -0.05) is 31.2 Å². The van der Waals surface area contributed by atoms with Gasteiger partial charge in [0.25, 0.3) is 0 Å². The van der Waals surface area contributed by atoms with Crippen LogP contribution < -0.4 is 29.6 Å². The summed E-state index contributed by atoms with van der Waals surface area (Å²) >= 11 is 0. The summed E-state index contributed by atoms with van der Waals surface area (Å²) in [4.78, 5) is -0.104. The maximum atomic E-state index is 11.2. The fraction of sp³-hybridized carbons (Fsp3) is 0.231. The molecule has 2 rings (SSSR count). The van der Waals surface area contributed by atoms with E-state index in [0.29, 0.717) is 12.0 Å². The molecule has 0 atom stereocenters. The molecule has 0 radical (unpaired) electrons. The Morgan fingerprint density at radius 2 is 1.72 bits per heavy atom. The Labute approximate surface area is 129 Å². The molecule has 2 aromatic rings. The Morgan fingerprint density at radius 1 is 1.17 bits per heavy atom. The third kappa shape index (κ3) is 2.78. The molecule has 0 bridgehead atoms. The number of aryl methyl sites for hydroxylation is 2. The number of benzene rings is 2.